The molecule has 0 aliphatic heterocycles. The van der Waals surface area contributed by atoms with Gasteiger partial charge in [-0.15, -0.1) is 0 Å². The molecular weight excluding hydrogens is 368 g/mol. The number of halogens is 1. The SMILES string of the molecule is CNC(=O)c1cccc(NS(=O)(=O)c2ccc(C)cc2Br)c1. The Morgan fingerprint density at radius 1 is 1.14 bits per heavy atom. The molecule has 0 fully saturated rings. The first-order valence-corrected chi connectivity index (χ1v) is 8.72. The summed E-state index contributed by atoms with van der Waals surface area (Å²) in [6, 6.07) is 11.3. The molecule has 0 saturated heterocycles. The normalized spacial score (nSPS) is 11.0. The molecule has 2 aromatic rings. The zero-order valence-electron chi connectivity index (χ0n) is 12.1. The van der Waals surface area contributed by atoms with Crippen LogP contribution in [-0.2, 0) is 10.0 Å². The van der Waals surface area contributed by atoms with Crippen molar-refractivity contribution in [1.29, 1.82) is 0 Å². The van der Waals surface area contributed by atoms with Gasteiger partial charge in [-0.1, -0.05) is 12.1 Å². The molecule has 0 aromatic heterocycles. The first kappa shape index (κ1) is 16.5. The van der Waals surface area contributed by atoms with Crippen molar-refractivity contribution in [2.75, 3.05) is 11.8 Å². The summed E-state index contributed by atoms with van der Waals surface area (Å²) in [5.41, 5.74) is 1.66. The van der Waals surface area contributed by atoms with E-state index in [1.54, 1.807) is 30.3 Å². The van der Waals surface area contributed by atoms with E-state index in [4.69, 9.17) is 0 Å². The van der Waals surface area contributed by atoms with Crippen LogP contribution in [0.1, 0.15) is 15.9 Å². The Hall–Kier alpha value is -1.86. The second-order valence-corrected chi connectivity index (χ2v) is 7.20. The number of carbonyl (C=O) groups is 1. The van der Waals surface area contributed by atoms with Crippen molar-refractivity contribution >= 4 is 37.5 Å². The zero-order valence-corrected chi connectivity index (χ0v) is 14.5. The van der Waals surface area contributed by atoms with Crippen LogP contribution in [0, 0.1) is 6.92 Å². The highest BCUT2D eigenvalue weighted by Crippen LogP contribution is 2.25. The fourth-order valence-corrected chi connectivity index (χ4v) is 4.14. The third-order valence-corrected chi connectivity index (χ3v) is 5.34. The number of aryl methyl sites for hydroxylation is 1. The number of amides is 1. The van der Waals surface area contributed by atoms with E-state index >= 15 is 0 Å². The van der Waals surface area contributed by atoms with E-state index in [-0.39, 0.29) is 10.8 Å². The molecule has 0 atom stereocenters. The second kappa shape index (κ2) is 6.50. The number of rotatable bonds is 4. The lowest BCUT2D eigenvalue weighted by atomic mass is 10.2. The van der Waals surface area contributed by atoms with Crippen LogP contribution in [0.2, 0.25) is 0 Å². The van der Waals surface area contributed by atoms with Crippen LogP contribution >= 0.6 is 15.9 Å². The number of carbonyl (C=O) groups excluding carboxylic acids is 1. The Balaban J connectivity index is 2.35. The summed E-state index contributed by atoms with van der Waals surface area (Å²) in [5.74, 6) is -0.280. The summed E-state index contributed by atoms with van der Waals surface area (Å²) in [6.45, 7) is 1.88. The van der Waals surface area contributed by atoms with E-state index in [0.717, 1.165) is 5.56 Å². The van der Waals surface area contributed by atoms with Crippen LogP contribution in [0.15, 0.2) is 51.8 Å². The van der Waals surface area contributed by atoms with Gasteiger partial charge in [-0.05, 0) is 58.7 Å². The zero-order chi connectivity index (χ0) is 16.3. The minimum absolute atomic E-state index is 0.142. The van der Waals surface area contributed by atoms with Crippen LogP contribution in [0.5, 0.6) is 0 Å². The number of hydrogen-bond acceptors (Lipinski definition) is 3. The molecule has 0 bridgehead atoms. The Bertz CT molecular complexity index is 819. The first-order chi connectivity index (χ1) is 10.3. The highest BCUT2D eigenvalue weighted by Gasteiger charge is 2.18. The van der Waals surface area contributed by atoms with Gasteiger partial charge in [0.15, 0.2) is 0 Å². The van der Waals surface area contributed by atoms with Gasteiger partial charge in [0.1, 0.15) is 4.90 Å². The van der Waals surface area contributed by atoms with Crippen LogP contribution in [0.3, 0.4) is 0 Å². The third-order valence-electron chi connectivity index (χ3n) is 2.98. The van der Waals surface area contributed by atoms with Crippen LogP contribution < -0.4 is 10.0 Å². The molecule has 0 heterocycles. The second-order valence-electron chi connectivity index (χ2n) is 4.70. The van der Waals surface area contributed by atoms with E-state index in [2.05, 4.69) is 26.0 Å². The van der Waals surface area contributed by atoms with Crippen LogP contribution in [0.4, 0.5) is 5.69 Å². The van der Waals surface area contributed by atoms with E-state index in [1.807, 2.05) is 6.92 Å². The van der Waals surface area contributed by atoms with Gasteiger partial charge >= 0.3 is 0 Å². The molecule has 7 heteroatoms. The summed E-state index contributed by atoms with van der Waals surface area (Å²) >= 11 is 3.26. The number of sulfonamides is 1. The van der Waals surface area contributed by atoms with Crippen LogP contribution in [0.25, 0.3) is 0 Å². The Morgan fingerprint density at radius 3 is 2.50 bits per heavy atom. The maximum absolute atomic E-state index is 12.4. The van der Waals surface area contributed by atoms with Gasteiger partial charge in [0, 0.05) is 22.8 Å². The van der Waals surface area contributed by atoms with Crippen molar-refractivity contribution < 1.29 is 13.2 Å². The highest BCUT2D eigenvalue weighted by molar-refractivity contribution is 9.10. The van der Waals surface area contributed by atoms with Crippen molar-refractivity contribution in [2.24, 2.45) is 0 Å². The van der Waals surface area contributed by atoms with Crippen molar-refractivity contribution in [1.82, 2.24) is 5.32 Å². The van der Waals surface area contributed by atoms with E-state index in [9.17, 15) is 13.2 Å². The number of nitrogens with one attached hydrogen (secondary N) is 2. The Morgan fingerprint density at radius 2 is 1.86 bits per heavy atom. The van der Waals surface area contributed by atoms with Gasteiger partial charge < -0.3 is 5.32 Å². The lowest BCUT2D eigenvalue weighted by Gasteiger charge is -2.11. The van der Waals surface area contributed by atoms with Crippen LogP contribution in [-0.4, -0.2) is 21.4 Å². The van der Waals surface area contributed by atoms with Gasteiger partial charge in [0.25, 0.3) is 15.9 Å². The molecule has 1 amide bonds. The van der Waals surface area contributed by atoms with Crippen molar-refractivity contribution in [3.63, 3.8) is 0 Å². The summed E-state index contributed by atoms with van der Waals surface area (Å²) in [4.78, 5) is 11.7. The van der Waals surface area contributed by atoms with Gasteiger partial charge in [0.05, 0.1) is 0 Å². The smallest absolute Gasteiger partial charge is 0.263 e. The first-order valence-electron chi connectivity index (χ1n) is 6.44. The van der Waals surface area contributed by atoms with Crippen molar-refractivity contribution in [2.45, 2.75) is 11.8 Å². The molecule has 0 aliphatic carbocycles. The molecule has 0 aliphatic rings. The molecular formula is C15H15BrN2O3S. The van der Waals surface area contributed by atoms with E-state index in [1.165, 1.54) is 19.2 Å². The van der Waals surface area contributed by atoms with Gasteiger partial charge in [0.2, 0.25) is 0 Å². The molecule has 0 radical (unpaired) electrons. The van der Waals surface area contributed by atoms with Gasteiger partial charge in [-0.2, -0.15) is 0 Å². The standard InChI is InChI=1S/C15H15BrN2O3S/c1-10-6-7-14(13(16)8-10)22(20,21)18-12-5-3-4-11(9-12)15(19)17-2/h3-9,18H,1-2H3,(H,17,19). The molecule has 0 saturated carbocycles. The summed E-state index contributed by atoms with van der Waals surface area (Å²) in [6.07, 6.45) is 0. The maximum Gasteiger partial charge on any atom is 0.263 e. The summed E-state index contributed by atoms with van der Waals surface area (Å²) in [5, 5.41) is 2.49. The Labute approximate surface area is 137 Å². The number of anilines is 1. The third kappa shape index (κ3) is 3.66. The monoisotopic (exact) mass is 382 g/mol. The predicted molar refractivity (Wildman–Crippen MR) is 89.5 cm³/mol. The summed E-state index contributed by atoms with van der Waals surface area (Å²) < 4.78 is 27.9. The van der Waals surface area contributed by atoms with E-state index in [0.29, 0.717) is 15.7 Å². The fourth-order valence-electron chi connectivity index (χ4n) is 1.90. The average molecular weight is 383 g/mol. The molecule has 5 nitrogen and oxygen atoms in total. The maximum atomic E-state index is 12.4. The van der Waals surface area contributed by atoms with Gasteiger partial charge in [-0.3, -0.25) is 9.52 Å². The quantitative estimate of drug-likeness (QED) is 0.853. The lowest BCUT2D eigenvalue weighted by Crippen LogP contribution is -2.18. The molecule has 22 heavy (non-hydrogen) atoms. The molecule has 116 valence electrons. The van der Waals surface area contributed by atoms with Crippen molar-refractivity contribution in [3.8, 4) is 0 Å². The van der Waals surface area contributed by atoms with Gasteiger partial charge in [-0.25, -0.2) is 8.42 Å². The largest absolute Gasteiger partial charge is 0.355 e. The summed E-state index contributed by atoms with van der Waals surface area (Å²) in [7, 11) is -2.22. The average Bonchev–Trinajstić information content (AvgIpc) is 2.45. The molecule has 2 aromatic carbocycles. The molecule has 2 rings (SSSR count). The molecule has 0 unspecified atom stereocenters. The number of hydrogen-bond donors (Lipinski definition) is 2. The highest BCUT2D eigenvalue weighted by atomic mass is 79.9. The topological polar surface area (TPSA) is 75.3 Å². The van der Waals surface area contributed by atoms with Crippen molar-refractivity contribution in [3.05, 3.63) is 58.1 Å². The minimum Gasteiger partial charge on any atom is -0.355 e. The Kier molecular flexibility index (Phi) is 4.87. The number of benzene rings is 2. The minimum atomic E-state index is -3.74. The lowest BCUT2D eigenvalue weighted by molar-refractivity contribution is 0.0963. The molecule has 2 N–H and O–H groups in total. The molecule has 0 spiro atoms. The van der Waals surface area contributed by atoms with E-state index < -0.39 is 10.0 Å². The predicted octanol–water partition coefficient (Wildman–Crippen LogP) is 2.92. The fraction of sp³-hybridized carbons (Fsp3) is 0.133.